The molecule has 3 N–H and O–H groups in total. The molecule has 0 aliphatic rings. The summed E-state index contributed by atoms with van der Waals surface area (Å²) in [5, 5.41) is 14.4. The van der Waals surface area contributed by atoms with E-state index in [2.05, 4.69) is 21.0 Å². The minimum atomic E-state index is -0.290. The fourth-order valence-corrected chi connectivity index (χ4v) is 4.19. The summed E-state index contributed by atoms with van der Waals surface area (Å²) in [6, 6.07) is 24.7. The van der Waals surface area contributed by atoms with Crippen molar-refractivity contribution in [2.45, 2.75) is 13.5 Å². The topological polar surface area (TPSA) is 83.3 Å². The van der Waals surface area contributed by atoms with Crippen molar-refractivity contribution in [3.63, 3.8) is 0 Å². The molecule has 0 bridgehead atoms. The van der Waals surface area contributed by atoms with Crippen LogP contribution in [0, 0.1) is 6.92 Å². The van der Waals surface area contributed by atoms with Crippen LogP contribution in [0.2, 0.25) is 5.02 Å². The lowest BCUT2D eigenvalue weighted by Crippen LogP contribution is -2.20. The average Bonchev–Trinajstić information content (AvgIpc) is 3.25. The predicted octanol–water partition coefficient (Wildman–Crippen LogP) is 4.87. The van der Waals surface area contributed by atoms with Crippen molar-refractivity contribution in [1.29, 1.82) is 0 Å². The van der Waals surface area contributed by atoms with Gasteiger partial charge in [0.15, 0.2) is 5.65 Å². The molecule has 36 heavy (non-hydrogen) atoms. The van der Waals surface area contributed by atoms with E-state index in [1.807, 2.05) is 93.6 Å². The molecule has 9 heteroatoms. The van der Waals surface area contributed by atoms with Crippen LogP contribution in [0.25, 0.3) is 16.9 Å². The van der Waals surface area contributed by atoms with Gasteiger partial charge in [-0.2, -0.15) is 9.61 Å². The molecule has 0 spiro atoms. The van der Waals surface area contributed by atoms with Crippen molar-refractivity contribution in [2.75, 3.05) is 16.0 Å². The van der Waals surface area contributed by atoms with E-state index in [4.69, 9.17) is 16.6 Å². The number of nitrogens with zero attached hydrogens (tertiary/aromatic N) is 3. The zero-order chi connectivity index (χ0) is 25.1. The number of nitrogens with one attached hydrogen (secondary N) is 3. The summed E-state index contributed by atoms with van der Waals surface area (Å²) in [6.45, 7) is 2.48. The number of benzene rings is 3. The third-order valence-corrected chi connectivity index (χ3v) is 6.18. The molecule has 0 aliphatic heterocycles. The van der Waals surface area contributed by atoms with E-state index in [9.17, 15) is 4.79 Å². The molecule has 0 fully saturated rings. The first-order chi connectivity index (χ1) is 17.5. The highest BCUT2D eigenvalue weighted by Crippen LogP contribution is 2.28. The molecule has 5 aromatic rings. The number of carbonyl (C=O) groups excluding carboxylic acids is 1. The second-order valence-corrected chi connectivity index (χ2v) is 8.92. The molecule has 2 amide bonds. The van der Waals surface area contributed by atoms with E-state index in [-0.39, 0.29) is 6.03 Å². The quantitative estimate of drug-likeness (QED) is 0.294. The third kappa shape index (κ3) is 5.04. The lowest BCUT2D eigenvalue weighted by molar-refractivity contribution is 0.262. The van der Waals surface area contributed by atoms with Gasteiger partial charge >= 0.3 is 6.03 Å². The van der Waals surface area contributed by atoms with Gasteiger partial charge in [-0.1, -0.05) is 60.1 Å². The summed E-state index contributed by atoms with van der Waals surface area (Å²) in [4.78, 5) is 17.3. The first-order valence-corrected chi connectivity index (χ1v) is 11.9. The summed E-state index contributed by atoms with van der Waals surface area (Å²) >= 11 is 6.45. The molecule has 0 radical (unpaired) electrons. The molecule has 3 aromatic carbocycles. The van der Waals surface area contributed by atoms with Crippen molar-refractivity contribution < 1.29 is 4.79 Å². The first-order valence-electron chi connectivity index (χ1n) is 11.5. The molecule has 0 saturated carbocycles. The Morgan fingerprint density at radius 2 is 1.81 bits per heavy atom. The smallest absolute Gasteiger partial charge is 0.323 e. The Kier molecular flexibility index (Phi) is 6.60. The van der Waals surface area contributed by atoms with Crippen LogP contribution in [0.15, 0.2) is 85.1 Å². The number of rotatable bonds is 6. The van der Waals surface area contributed by atoms with Gasteiger partial charge in [-0.3, -0.25) is 0 Å². The summed E-state index contributed by atoms with van der Waals surface area (Å²) in [7, 11) is 1.98. The number of hydrogen-bond acceptors (Lipinski definition) is 4. The summed E-state index contributed by atoms with van der Waals surface area (Å²) in [6.07, 6.45) is 1.79. The normalized spacial score (nSPS) is 10.8. The number of anilines is 3. The molecule has 0 atom stereocenters. The fourth-order valence-electron chi connectivity index (χ4n) is 3.95. The second kappa shape index (κ2) is 10.1. The van der Waals surface area contributed by atoms with Gasteiger partial charge in [-0.25, -0.2) is 9.78 Å². The van der Waals surface area contributed by atoms with Gasteiger partial charge in [0.25, 0.3) is 0 Å². The monoisotopic (exact) mass is 494 g/mol. The number of carbonyl (C=O) groups is 1. The van der Waals surface area contributed by atoms with E-state index >= 15 is 0 Å². The van der Waals surface area contributed by atoms with Gasteiger partial charge in [0.1, 0.15) is 13.7 Å². The summed E-state index contributed by atoms with van der Waals surface area (Å²) < 4.78 is 1.79. The zero-order valence-electron chi connectivity index (χ0n) is 19.9. The minimum Gasteiger partial charge on any atom is -0.366 e. The highest BCUT2D eigenvalue weighted by Gasteiger charge is 2.13. The number of fused-ring (bicyclic) bond motifs is 1. The maximum Gasteiger partial charge on any atom is 0.323 e. The van der Waals surface area contributed by atoms with Gasteiger partial charge in [-0.15, -0.1) is 0 Å². The highest BCUT2D eigenvalue weighted by molar-refractivity contribution is 6.36. The minimum absolute atomic E-state index is 0.290. The Hall–Kier alpha value is -4.30. The lowest BCUT2D eigenvalue weighted by atomic mass is 10.0. The highest BCUT2D eigenvalue weighted by atomic mass is 35.5. The van der Waals surface area contributed by atoms with Crippen molar-refractivity contribution in [2.24, 2.45) is 0 Å². The van der Waals surface area contributed by atoms with Crippen LogP contribution in [0.4, 0.5) is 22.0 Å². The van der Waals surface area contributed by atoms with E-state index < -0.39 is 0 Å². The number of urea groups is 1. The molecular weight excluding hydrogens is 471 g/mol. The average molecular weight is 495 g/mol. The zero-order valence-corrected chi connectivity index (χ0v) is 20.7. The van der Waals surface area contributed by atoms with E-state index in [1.54, 1.807) is 10.7 Å². The number of aromatic nitrogens is 3. The van der Waals surface area contributed by atoms with E-state index in [1.165, 1.54) is 0 Å². The Balaban J connectivity index is 1.34. The Morgan fingerprint density at radius 3 is 2.64 bits per heavy atom. The molecule has 2 aromatic heterocycles. The van der Waals surface area contributed by atoms with Crippen molar-refractivity contribution >= 4 is 53.8 Å². The largest absolute Gasteiger partial charge is 0.366 e. The number of aryl methyl sites for hydroxylation is 1. The second-order valence-electron chi connectivity index (χ2n) is 8.52. The van der Waals surface area contributed by atoms with E-state index in [0.717, 1.165) is 45.0 Å². The number of amides is 2. The van der Waals surface area contributed by atoms with Crippen molar-refractivity contribution in [3.8, 4) is 11.3 Å². The standard InChI is InChI=1S/C27H24BClN6O/c1-17-7-2-5-12-23(17)34-27(36)32-19-9-6-8-18(13-19)15-30-25-14-24(20-10-3-4-11-22(20)29)33-26-21(28)16-31-35(25)26/h2-14,16,30H,15,28H2,1H3,(H2,32,34,36). The third-order valence-electron chi connectivity index (χ3n) is 5.85. The number of hydrogen-bond donors (Lipinski definition) is 3. The predicted molar refractivity (Wildman–Crippen MR) is 149 cm³/mol. The molecule has 0 aliphatic carbocycles. The van der Waals surface area contributed by atoms with Gasteiger partial charge < -0.3 is 16.0 Å². The van der Waals surface area contributed by atoms with Crippen LogP contribution in [0.3, 0.4) is 0 Å². The molecule has 2 heterocycles. The molecular formula is C27H24BClN6O. The lowest BCUT2D eigenvalue weighted by Gasteiger charge is -2.13. The van der Waals surface area contributed by atoms with Crippen LogP contribution in [0.5, 0.6) is 0 Å². The van der Waals surface area contributed by atoms with Crippen LogP contribution in [-0.4, -0.2) is 28.5 Å². The van der Waals surface area contributed by atoms with Crippen LogP contribution in [-0.2, 0) is 6.54 Å². The molecule has 0 saturated heterocycles. The van der Waals surface area contributed by atoms with Crippen LogP contribution >= 0.6 is 11.6 Å². The van der Waals surface area contributed by atoms with E-state index in [0.29, 0.717) is 17.3 Å². The first kappa shape index (κ1) is 23.4. The molecule has 178 valence electrons. The summed E-state index contributed by atoms with van der Waals surface area (Å²) in [5.41, 5.74) is 6.83. The van der Waals surface area contributed by atoms with Gasteiger partial charge in [0.05, 0.1) is 5.69 Å². The molecule has 0 unspecified atom stereocenters. The Bertz CT molecular complexity index is 1570. The SMILES string of the molecule is Bc1cnn2c(NCc3cccc(NC(=O)Nc4ccccc4C)c3)cc(-c3ccccc3Cl)nc12. The number of halogens is 1. The Labute approximate surface area is 214 Å². The van der Waals surface area contributed by atoms with Crippen LogP contribution in [0.1, 0.15) is 11.1 Å². The van der Waals surface area contributed by atoms with Gasteiger partial charge in [0, 0.05) is 40.8 Å². The summed E-state index contributed by atoms with van der Waals surface area (Å²) in [5.74, 6) is 0.790. The molecule has 7 nitrogen and oxygen atoms in total. The molecule has 5 rings (SSSR count). The Morgan fingerprint density at radius 1 is 1.00 bits per heavy atom. The fraction of sp³-hybridized carbons (Fsp3) is 0.0741. The van der Waals surface area contributed by atoms with Crippen molar-refractivity contribution in [1.82, 2.24) is 14.6 Å². The number of para-hydroxylation sites is 1. The van der Waals surface area contributed by atoms with Gasteiger partial charge in [0.2, 0.25) is 0 Å². The van der Waals surface area contributed by atoms with Crippen molar-refractivity contribution in [3.05, 3.63) is 101 Å². The van der Waals surface area contributed by atoms with Crippen LogP contribution < -0.4 is 21.4 Å². The van der Waals surface area contributed by atoms with Gasteiger partial charge in [-0.05, 0) is 47.8 Å². The maximum absolute atomic E-state index is 12.5. The maximum atomic E-state index is 12.5.